The molecule has 1 saturated heterocycles. The van der Waals surface area contributed by atoms with Crippen LogP contribution in [-0.4, -0.2) is 36.1 Å². The van der Waals surface area contributed by atoms with Crippen LogP contribution in [0.25, 0.3) is 0 Å². The van der Waals surface area contributed by atoms with Gasteiger partial charge in [0.1, 0.15) is 5.69 Å². The Morgan fingerprint density at radius 3 is 2.50 bits per heavy atom. The van der Waals surface area contributed by atoms with E-state index in [-0.39, 0.29) is 18.0 Å². The molecule has 1 fully saturated rings. The second kappa shape index (κ2) is 7.32. The molecule has 2 atom stereocenters. The predicted octanol–water partition coefficient (Wildman–Crippen LogP) is 3.77. The number of morpholine rings is 1. The number of hydrogen-bond acceptors (Lipinski definition) is 4. The monoisotopic (exact) mass is 344 g/mol. The van der Waals surface area contributed by atoms with Crippen LogP contribution in [0.2, 0.25) is 5.02 Å². The highest BCUT2D eigenvalue weighted by molar-refractivity contribution is 6.30. The zero-order chi connectivity index (χ0) is 17.1. The molecule has 0 amide bonds. The van der Waals surface area contributed by atoms with E-state index >= 15 is 0 Å². The first-order chi connectivity index (χ1) is 11.5. The lowest BCUT2D eigenvalue weighted by atomic mass is 10.1. The molecule has 2 aromatic rings. The summed E-state index contributed by atoms with van der Waals surface area (Å²) < 4.78 is 5.77. The number of carbonyl (C=O) groups is 1. The number of anilines is 1. The molecule has 3 rings (SSSR count). The standard InChI is InChI=1S/C19H21ClN2O2/c1-13-11-22(12-14(2)24-13)17-5-3-15(4-6-17)9-19(23)18-10-16(20)7-8-21-18/h3-8,10,13-14H,9,11-12H2,1-2H3/t13-,14+. The van der Waals surface area contributed by atoms with Crippen molar-refractivity contribution in [3.8, 4) is 0 Å². The fourth-order valence-electron chi connectivity index (χ4n) is 3.05. The summed E-state index contributed by atoms with van der Waals surface area (Å²) in [6.45, 7) is 5.95. The topological polar surface area (TPSA) is 42.4 Å². The van der Waals surface area contributed by atoms with Crippen LogP contribution in [0.1, 0.15) is 29.9 Å². The van der Waals surface area contributed by atoms with E-state index in [0.29, 0.717) is 17.1 Å². The molecule has 2 heterocycles. The summed E-state index contributed by atoms with van der Waals surface area (Å²) in [5, 5.41) is 0.527. The second-order valence-electron chi connectivity index (χ2n) is 6.29. The van der Waals surface area contributed by atoms with Crippen LogP contribution in [-0.2, 0) is 11.2 Å². The van der Waals surface area contributed by atoms with E-state index in [9.17, 15) is 4.79 Å². The Hall–Kier alpha value is -1.91. The number of aromatic nitrogens is 1. The maximum atomic E-state index is 12.3. The minimum atomic E-state index is -0.0288. The third-order valence-corrected chi connectivity index (χ3v) is 4.33. The van der Waals surface area contributed by atoms with Crippen molar-refractivity contribution in [1.29, 1.82) is 0 Å². The number of hydrogen-bond donors (Lipinski definition) is 0. The first-order valence-corrected chi connectivity index (χ1v) is 8.53. The SMILES string of the molecule is C[C@@H]1CN(c2ccc(CC(=O)c3cc(Cl)ccn3)cc2)C[C@H](C)O1. The van der Waals surface area contributed by atoms with E-state index in [1.165, 1.54) is 0 Å². The quantitative estimate of drug-likeness (QED) is 0.792. The summed E-state index contributed by atoms with van der Waals surface area (Å²) in [5.41, 5.74) is 2.54. The van der Waals surface area contributed by atoms with E-state index in [0.717, 1.165) is 24.3 Å². The molecule has 24 heavy (non-hydrogen) atoms. The van der Waals surface area contributed by atoms with E-state index in [4.69, 9.17) is 16.3 Å². The zero-order valence-electron chi connectivity index (χ0n) is 13.9. The van der Waals surface area contributed by atoms with E-state index in [1.54, 1.807) is 18.3 Å². The summed E-state index contributed by atoms with van der Waals surface area (Å²) in [4.78, 5) is 18.7. The van der Waals surface area contributed by atoms with Gasteiger partial charge in [0.25, 0.3) is 0 Å². The van der Waals surface area contributed by atoms with Crippen LogP contribution < -0.4 is 4.90 Å². The van der Waals surface area contributed by atoms with Gasteiger partial charge in [0.15, 0.2) is 5.78 Å². The fourth-order valence-corrected chi connectivity index (χ4v) is 3.21. The molecule has 126 valence electrons. The Balaban J connectivity index is 1.67. The predicted molar refractivity (Wildman–Crippen MR) is 95.9 cm³/mol. The average Bonchev–Trinajstić information content (AvgIpc) is 2.54. The summed E-state index contributed by atoms with van der Waals surface area (Å²) in [5.74, 6) is -0.0288. The van der Waals surface area contributed by atoms with Gasteiger partial charge in [-0.2, -0.15) is 0 Å². The smallest absolute Gasteiger partial charge is 0.185 e. The highest BCUT2D eigenvalue weighted by Gasteiger charge is 2.22. The lowest BCUT2D eigenvalue weighted by Gasteiger charge is -2.36. The normalized spacial score (nSPS) is 20.9. The summed E-state index contributed by atoms with van der Waals surface area (Å²) in [7, 11) is 0. The molecule has 0 aliphatic carbocycles. The first kappa shape index (κ1) is 16.9. The van der Waals surface area contributed by atoms with Gasteiger partial charge in [0, 0.05) is 36.4 Å². The minimum absolute atomic E-state index is 0.0288. The van der Waals surface area contributed by atoms with Gasteiger partial charge in [-0.1, -0.05) is 23.7 Å². The molecular weight excluding hydrogens is 324 g/mol. The van der Waals surface area contributed by atoms with Crippen LogP contribution in [0.15, 0.2) is 42.6 Å². The number of ketones is 1. The van der Waals surface area contributed by atoms with Crippen LogP contribution in [0.5, 0.6) is 0 Å². The molecule has 5 heteroatoms. The van der Waals surface area contributed by atoms with E-state index < -0.39 is 0 Å². The third kappa shape index (κ3) is 4.13. The van der Waals surface area contributed by atoms with Crippen molar-refractivity contribution in [1.82, 2.24) is 4.98 Å². The number of halogens is 1. The number of ether oxygens (including phenoxy) is 1. The summed E-state index contributed by atoms with van der Waals surface area (Å²) in [6, 6.07) is 11.4. The van der Waals surface area contributed by atoms with Gasteiger partial charge < -0.3 is 9.64 Å². The van der Waals surface area contributed by atoms with Crippen molar-refractivity contribution < 1.29 is 9.53 Å². The van der Waals surface area contributed by atoms with Crippen molar-refractivity contribution >= 4 is 23.1 Å². The molecule has 0 saturated carbocycles. The number of rotatable bonds is 4. The van der Waals surface area contributed by atoms with Gasteiger partial charge in [0.2, 0.25) is 0 Å². The molecule has 1 aliphatic rings. The number of Topliss-reactive ketones (excluding diaryl/α,β-unsaturated/α-hetero) is 1. The fraction of sp³-hybridized carbons (Fsp3) is 0.368. The van der Waals surface area contributed by atoms with Crippen molar-refractivity contribution in [3.63, 3.8) is 0 Å². The van der Waals surface area contributed by atoms with Gasteiger partial charge in [-0.3, -0.25) is 9.78 Å². The average molecular weight is 345 g/mol. The van der Waals surface area contributed by atoms with Crippen LogP contribution in [0.3, 0.4) is 0 Å². The summed E-state index contributed by atoms with van der Waals surface area (Å²) in [6.07, 6.45) is 2.33. The molecule has 1 aromatic carbocycles. The van der Waals surface area contributed by atoms with Gasteiger partial charge in [-0.25, -0.2) is 0 Å². The number of carbonyl (C=O) groups excluding carboxylic acids is 1. The molecular formula is C19H21ClN2O2. The van der Waals surface area contributed by atoms with Crippen LogP contribution >= 0.6 is 11.6 Å². The van der Waals surface area contributed by atoms with Crippen molar-refractivity contribution in [2.45, 2.75) is 32.5 Å². The molecule has 0 N–H and O–H groups in total. The number of nitrogens with zero attached hydrogens (tertiary/aromatic N) is 2. The molecule has 4 nitrogen and oxygen atoms in total. The number of pyridine rings is 1. The largest absolute Gasteiger partial charge is 0.372 e. The highest BCUT2D eigenvalue weighted by Crippen LogP contribution is 2.21. The van der Waals surface area contributed by atoms with Gasteiger partial charge in [-0.15, -0.1) is 0 Å². The Kier molecular flexibility index (Phi) is 5.17. The Morgan fingerprint density at radius 2 is 1.88 bits per heavy atom. The second-order valence-corrected chi connectivity index (χ2v) is 6.72. The van der Waals surface area contributed by atoms with E-state index in [1.807, 2.05) is 12.1 Å². The van der Waals surface area contributed by atoms with Gasteiger partial charge in [-0.05, 0) is 43.7 Å². The van der Waals surface area contributed by atoms with E-state index in [2.05, 4.69) is 35.9 Å². The van der Waals surface area contributed by atoms with Crippen molar-refractivity contribution in [2.24, 2.45) is 0 Å². The lowest BCUT2D eigenvalue weighted by Crippen LogP contribution is -2.45. The Morgan fingerprint density at radius 1 is 1.21 bits per heavy atom. The number of benzene rings is 1. The third-order valence-electron chi connectivity index (χ3n) is 4.09. The Labute approximate surface area is 147 Å². The van der Waals surface area contributed by atoms with Crippen molar-refractivity contribution in [3.05, 3.63) is 58.9 Å². The molecule has 0 spiro atoms. The maximum Gasteiger partial charge on any atom is 0.185 e. The molecule has 1 aromatic heterocycles. The summed E-state index contributed by atoms with van der Waals surface area (Å²) >= 11 is 5.91. The first-order valence-electron chi connectivity index (χ1n) is 8.15. The zero-order valence-corrected chi connectivity index (χ0v) is 14.7. The molecule has 1 aliphatic heterocycles. The lowest BCUT2D eigenvalue weighted by molar-refractivity contribution is -0.00521. The van der Waals surface area contributed by atoms with Crippen LogP contribution in [0, 0.1) is 0 Å². The minimum Gasteiger partial charge on any atom is -0.372 e. The highest BCUT2D eigenvalue weighted by atomic mass is 35.5. The van der Waals surface area contributed by atoms with Crippen LogP contribution in [0.4, 0.5) is 5.69 Å². The molecule has 0 bridgehead atoms. The molecule has 0 radical (unpaired) electrons. The molecule has 0 unspecified atom stereocenters. The van der Waals surface area contributed by atoms with Gasteiger partial charge in [0.05, 0.1) is 12.2 Å². The van der Waals surface area contributed by atoms with Gasteiger partial charge >= 0.3 is 0 Å². The van der Waals surface area contributed by atoms with Crippen molar-refractivity contribution in [2.75, 3.05) is 18.0 Å². The Bertz CT molecular complexity index is 708. The maximum absolute atomic E-state index is 12.3.